The van der Waals surface area contributed by atoms with Gasteiger partial charge in [0.1, 0.15) is 5.65 Å². The Hall–Kier alpha value is -3.66. The molecule has 0 aliphatic rings. The summed E-state index contributed by atoms with van der Waals surface area (Å²) in [6.07, 6.45) is 0. The molecule has 0 saturated heterocycles. The molecular weight excluding hydrogens is 346 g/mol. The zero-order valence-corrected chi connectivity index (χ0v) is 15.8. The summed E-state index contributed by atoms with van der Waals surface area (Å²) in [5.41, 5.74) is 4.50. The topological polar surface area (TPSA) is 38.1 Å². The summed E-state index contributed by atoms with van der Waals surface area (Å²) in [5, 5.41) is 3.21. The van der Waals surface area contributed by atoms with E-state index in [0.29, 0.717) is 5.56 Å². The number of aryl methyl sites for hydroxylation is 1. The fourth-order valence-electron chi connectivity index (χ4n) is 3.81. The van der Waals surface area contributed by atoms with Crippen LogP contribution in [0.1, 0.15) is 10.4 Å². The highest BCUT2D eigenvalue weighted by atomic mass is 16.2. The minimum Gasteiger partial charge on any atom is -0.328 e. The van der Waals surface area contributed by atoms with Crippen LogP contribution in [0.25, 0.3) is 32.8 Å². The van der Waals surface area contributed by atoms with E-state index in [9.17, 15) is 4.79 Å². The number of rotatable bonds is 2. The van der Waals surface area contributed by atoms with Gasteiger partial charge in [0.15, 0.2) is 0 Å². The third-order valence-electron chi connectivity index (χ3n) is 5.36. The molecule has 28 heavy (non-hydrogen) atoms. The molecule has 1 amide bonds. The van der Waals surface area contributed by atoms with Gasteiger partial charge in [-0.05, 0) is 42.5 Å². The van der Waals surface area contributed by atoms with Gasteiger partial charge in [-0.15, -0.1) is 0 Å². The van der Waals surface area contributed by atoms with Crippen LogP contribution in [0, 0.1) is 0 Å². The van der Waals surface area contributed by atoms with Crippen molar-refractivity contribution in [2.45, 2.75) is 0 Å². The second kappa shape index (κ2) is 6.20. The molecule has 0 N–H and O–H groups in total. The molecule has 4 nitrogen and oxygen atoms in total. The summed E-state index contributed by atoms with van der Waals surface area (Å²) in [4.78, 5) is 19.6. The molecule has 0 unspecified atom stereocenters. The lowest BCUT2D eigenvalue weighted by Gasteiger charge is -2.17. The number of amides is 1. The molecule has 3 aromatic carbocycles. The third kappa shape index (κ3) is 2.46. The summed E-state index contributed by atoms with van der Waals surface area (Å²) < 4.78 is 2.09. The summed E-state index contributed by atoms with van der Waals surface area (Å²) in [6.45, 7) is 0. The molecule has 5 rings (SSSR count). The van der Waals surface area contributed by atoms with E-state index >= 15 is 0 Å². The van der Waals surface area contributed by atoms with Crippen molar-refractivity contribution >= 4 is 44.4 Å². The number of hydrogen-bond donors (Lipinski definition) is 0. The zero-order chi connectivity index (χ0) is 19.3. The number of hydrogen-bond acceptors (Lipinski definition) is 2. The zero-order valence-electron chi connectivity index (χ0n) is 15.8. The lowest BCUT2D eigenvalue weighted by atomic mass is 10.1. The van der Waals surface area contributed by atoms with Gasteiger partial charge in [0.05, 0.1) is 11.0 Å². The summed E-state index contributed by atoms with van der Waals surface area (Å²) >= 11 is 0. The van der Waals surface area contributed by atoms with Crippen molar-refractivity contribution in [1.82, 2.24) is 9.55 Å². The van der Waals surface area contributed by atoms with E-state index < -0.39 is 0 Å². The number of fused-ring (bicyclic) bond motifs is 4. The Balaban J connectivity index is 1.69. The van der Waals surface area contributed by atoms with Gasteiger partial charge >= 0.3 is 0 Å². The molecule has 0 radical (unpaired) electrons. The maximum Gasteiger partial charge on any atom is 0.258 e. The number of aromatic nitrogens is 2. The van der Waals surface area contributed by atoms with E-state index in [2.05, 4.69) is 16.7 Å². The normalized spacial score (nSPS) is 11.4. The van der Waals surface area contributed by atoms with Crippen LogP contribution in [-0.4, -0.2) is 22.5 Å². The minimum absolute atomic E-state index is 0.0288. The molecular formula is C24H19N3O. The van der Waals surface area contributed by atoms with Gasteiger partial charge in [0.25, 0.3) is 5.91 Å². The van der Waals surface area contributed by atoms with Crippen LogP contribution in [-0.2, 0) is 7.05 Å². The minimum atomic E-state index is -0.0288. The van der Waals surface area contributed by atoms with Crippen LogP contribution < -0.4 is 4.90 Å². The Labute approximate surface area is 162 Å². The van der Waals surface area contributed by atoms with Crippen molar-refractivity contribution in [3.8, 4) is 0 Å². The molecule has 0 aliphatic heterocycles. The predicted octanol–water partition coefficient (Wildman–Crippen LogP) is 5.16. The Morgan fingerprint density at radius 2 is 1.64 bits per heavy atom. The Morgan fingerprint density at radius 3 is 2.46 bits per heavy atom. The Kier molecular flexibility index (Phi) is 3.66. The molecule has 0 spiro atoms. The number of carbonyl (C=O) groups is 1. The van der Waals surface area contributed by atoms with Gasteiger partial charge < -0.3 is 9.47 Å². The van der Waals surface area contributed by atoms with Gasteiger partial charge in [-0.25, -0.2) is 4.98 Å². The number of pyridine rings is 1. The number of carbonyl (C=O) groups excluding carboxylic acids is 1. The molecule has 0 aliphatic carbocycles. The van der Waals surface area contributed by atoms with Crippen molar-refractivity contribution < 1.29 is 4.79 Å². The molecule has 136 valence electrons. The second-order valence-corrected chi connectivity index (χ2v) is 7.04. The lowest BCUT2D eigenvalue weighted by molar-refractivity contribution is 0.0993. The highest BCUT2D eigenvalue weighted by molar-refractivity contribution is 6.14. The fraction of sp³-hybridized carbons (Fsp3) is 0.0833. The van der Waals surface area contributed by atoms with Gasteiger partial charge in [-0.3, -0.25) is 4.79 Å². The van der Waals surface area contributed by atoms with Gasteiger partial charge in [0, 0.05) is 41.5 Å². The predicted molar refractivity (Wildman–Crippen MR) is 115 cm³/mol. The molecule has 0 fully saturated rings. The first-order chi connectivity index (χ1) is 13.6. The van der Waals surface area contributed by atoms with Crippen LogP contribution in [0.4, 0.5) is 5.69 Å². The molecule has 0 saturated carbocycles. The second-order valence-electron chi connectivity index (χ2n) is 7.04. The highest BCUT2D eigenvalue weighted by Gasteiger charge is 2.17. The maximum atomic E-state index is 13.0. The Morgan fingerprint density at radius 1 is 0.893 bits per heavy atom. The van der Waals surface area contributed by atoms with E-state index in [1.807, 2.05) is 73.8 Å². The summed E-state index contributed by atoms with van der Waals surface area (Å²) in [6, 6.07) is 25.8. The van der Waals surface area contributed by atoms with E-state index in [-0.39, 0.29) is 5.91 Å². The van der Waals surface area contributed by atoms with Crippen LogP contribution in [0.2, 0.25) is 0 Å². The number of para-hydroxylation sites is 2. The summed E-state index contributed by atoms with van der Waals surface area (Å²) in [7, 11) is 3.82. The van der Waals surface area contributed by atoms with Crippen LogP contribution in [0.15, 0.2) is 78.9 Å². The van der Waals surface area contributed by atoms with E-state index in [4.69, 9.17) is 4.98 Å². The fourth-order valence-corrected chi connectivity index (χ4v) is 3.81. The molecule has 0 bridgehead atoms. The van der Waals surface area contributed by atoms with Crippen molar-refractivity contribution in [1.29, 1.82) is 0 Å². The van der Waals surface area contributed by atoms with Crippen molar-refractivity contribution in [3.63, 3.8) is 0 Å². The van der Waals surface area contributed by atoms with Crippen molar-refractivity contribution in [3.05, 3.63) is 84.4 Å². The molecule has 2 heterocycles. The maximum absolute atomic E-state index is 13.0. The largest absolute Gasteiger partial charge is 0.328 e. The monoisotopic (exact) mass is 365 g/mol. The van der Waals surface area contributed by atoms with Crippen molar-refractivity contribution in [2.24, 2.45) is 7.05 Å². The molecule has 4 heteroatoms. The third-order valence-corrected chi connectivity index (χ3v) is 5.36. The van der Waals surface area contributed by atoms with E-state index in [1.165, 1.54) is 0 Å². The number of benzene rings is 3. The molecule has 2 aromatic heterocycles. The average Bonchev–Trinajstić information content (AvgIpc) is 3.02. The standard InChI is InChI=1S/C24H19N3O/c1-26(18-9-4-3-5-10-18)24(28)17-12-13-22-19(15-17)20-14-16-8-6-7-11-21(16)25-23(20)27(22)2/h3-15H,1-2H3. The number of anilines is 1. The average molecular weight is 365 g/mol. The van der Waals surface area contributed by atoms with Crippen molar-refractivity contribution in [2.75, 3.05) is 11.9 Å². The first kappa shape index (κ1) is 16.5. The SMILES string of the molecule is CN(C(=O)c1ccc2c(c1)c1cc3ccccc3nc1n2C)c1ccccc1. The van der Waals surface area contributed by atoms with Crippen LogP contribution in [0.3, 0.4) is 0 Å². The smallest absolute Gasteiger partial charge is 0.258 e. The first-order valence-electron chi connectivity index (χ1n) is 9.24. The van der Waals surface area contributed by atoms with Crippen LogP contribution in [0.5, 0.6) is 0 Å². The highest BCUT2D eigenvalue weighted by Crippen LogP contribution is 2.31. The first-order valence-corrected chi connectivity index (χ1v) is 9.24. The molecule has 5 aromatic rings. The van der Waals surface area contributed by atoms with Gasteiger partial charge in [-0.2, -0.15) is 0 Å². The summed E-state index contributed by atoms with van der Waals surface area (Å²) in [5.74, 6) is -0.0288. The molecule has 0 atom stereocenters. The quantitative estimate of drug-likeness (QED) is 0.433. The van der Waals surface area contributed by atoms with Gasteiger partial charge in [-0.1, -0.05) is 36.4 Å². The van der Waals surface area contributed by atoms with Gasteiger partial charge in [0.2, 0.25) is 0 Å². The number of nitrogens with zero attached hydrogens (tertiary/aromatic N) is 3. The van der Waals surface area contributed by atoms with Crippen LogP contribution >= 0.6 is 0 Å². The lowest BCUT2D eigenvalue weighted by Crippen LogP contribution is -2.26. The van der Waals surface area contributed by atoms with E-state index in [0.717, 1.165) is 38.5 Å². The Bertz CT molecular complexity index is 1350. The van der Waals surface area contributed by atoms with E-state index in [1.54, 1.807) is 11.9 Å².